The lowest BCUT2D eigenvalue weighted by Crippen LogP contribution is -2.26. The third kappa shape index (κ3) is 4.45. The summed E-state index contributed by atoms with van der Waals surface area (Å²) in [6.07, 6.45) is 2.58. The first-order valence-electron chi connectivity index (χ1n) is 11.8. The topological polar surface area (TPSA) is 132 Å². The fourth-order valence-electron chi connectivity index (χ4n) is 4.58. The average molecular weight is 501 g/mol. The number of carbonyl (C=O) groups is 2. The third-order valence-electron chi connectivity index (χ3n) is 6.45. The van der Waals surface area contributed by atoms with E-state index in [1.165, 1.54) is 16.0 Å². The van der Waals surface area contributed by atoms with E-state index in [0.29, 0.717) is 27.9 Å². The Morgan fingerprint density at radius 2 is 1.92 bits per heavy atom. The molecule has 1 aliphatic rings. The van der Waals surface area contributed by atoms with Crippen molar-refractivity contribution in [3.8, 4) is 11.6 Å². The van der Waals surface area contributed by atoms with Gasteiger partial charge in [0.15, 0.2) is 11.5 Å². The molecular weight excluding hydrogens is 472 g/mol. The summed E-state index contributed by atoms with van der Waals surface area (Å²) in [6.45, 7) is 1.80. The zero-order chi connectivity index (χ0) is 26.3. The van der Waals surface area contributed by atoms with Crippen molar-refractivity contribution in [1.29, 1.82) is 0 Å². The summed E-state index contributed by atoms with van der Waals surface area (Å²) in [5.41, 5.74) is 9.75. The molecule has 37 heavy (non-hydrogen) atoms. The van der Waals surface area contributed by atoms with E-state index < -0.39 is 5.91 Å². The number of aromatic nitrogens is 4. The van der Waals surface area contributed by atoms with E-state index in [2.05, 4.69) is 32.4 Å². The largest absolute Gasteiger partial charge is 0.495 e. The molecule has 0 atom stereocenters. The Morgan fingerprint density at radius 1 is 1.14 bits per heavy atom. The molecule has 0 aliphatic carbocycles. The van der Waals surface area contributed by atoms with Crippen LogP contribution in [0.4, 0.5) is 11.6 Å². The molecule has 0 fully saturated rings. The molecule has 11 heteroatoms. The van der Waals surface area contributed by atoms with Crippen LogP contribution in [0.5, 0.6) is 5.75 Å². The van der Waals surface area contributed by atoms with Gasteiger partial charge in [-0.15, -0.1) is 10.2 Å². The molecule has 11 nitrogen and oxygen atoms in total. The monoisotopic (exact) mass is 500 g/mol. The number of primary amides is 1. The third-order valence-corrected chi connectivity index (χ3v) is 6.45. The van der Waals surface area contributed by atoms with E-state index in [1.807, 2.05) is 36.4 Å². The Kier molecular flexibility index (Phi) is 6.22. The van der Waals surface area contributed by atoms with Gasteiger partial charge in [-0.25, -0.2) is 0 Å². The fourth-order valence-corrected chi connectivity index (χ4v) is 4.58. The summed E-state index contributed by atoms with van der Waals surface area (Å²) in [6, 6.07) is 11.4. The number of para-hydroxylation sites is 1. The maximum atomic E-state index is 12.9. The molecule has 2 aromatic heterocycles. The number of nitrogens with zero attached hydrogens (tertiary/aromatic N) is 6. The number of likely N-dealkylation sites (N-methyl/N-ethyl adjacent to an activating group) is 1. The molecule has 0 saturated heterocycles. The summed E-state index contributed by atoms with van der Waals surface area (Å²) in [5.74, 6) is 0.00276. The van der Waals surface area contributed by atoms with Crippen LogP contribution in [0.2, 0.25) is 0 Å². The first-order chi connectivity index (χ1) is 17.8. The van der Waals surface area contributed by atoms with Gasteiger partial charge in [0.1, 0.15) is 5.75 Å². The Morgan fingerprint density at radius 3 is 2.65 bits per heavy atom. The van der Waals surface area contributed by atoms with Crippen molar-refractivity contribution < 1.29 is 14.3 Å². The fraction of sp³-hybridized carbons (Fsp3) is 0.269. The molecule has 3 heterocycles. The Balaban J connectivity index is 1.62. The highest BCUT2D eigenvalue weighted by Crippen LogP contribution is 2.33. The first-order valence-corrected chi connectivity index (χ1v) is 11.8. The molecule has 0 bridgehead atoms. The van der Waals surface area contributed by atoms with Gasteiger partial charge < -0.3 is 25.6 Å². The van der Waals surface area contributed by atoms with Crippen molar-refractivity contribution in [2.45, 2.75) is 13.0 Å². The van der Waals surface area contributed by atoms with Gasteiger partial charge in [0.25, 0.3) is 11.8 Å². The number of anilines is 2. The molecule has 0 spiro atoms. The van der Waals surface area contributed by atoms with Crippen molar-refractivity contribution in [3.05, 3.63) is 65.0 Å². The molecule has 5 rings (SSSR count). The van der Waals surface area contributed by atoms with Gasteiger partial charge in [-0.3, -0.25) is 14.2 Å². The van der Waals surface area contributed by atoms with Gasteiger partial charge in [-0.2, -0.15) is 4.98 Å². The number of nitrogens with two attached hydrogens (primary N) is 1. The van der Waals surface area contributed by atoms with Crippen LogP contribution in [0, 0.1) is 0 Å². The van der Waals surface area contributed by atoms with Gasteiger partial charge >= 0.3 is 0 Å². The Labute approximate surface area is 213 Å². The molecule has 0 radical (unpaired) electrons. The SMILES string of the molecule is COc1cc2c(cc1Nc1nnc(C(N)=O)c(-n3cc(C(=O)N(C)C)c4ccccc43)n1)CN(C)CC2. The minimum Gasteiger partial charge on any atom is -0.495 e. The van der Waals surface area contributed by atoms with Crippen molar-refractivity contribution in [3.63, 3.8) is 0 Å². The molecule has 4 aromatic rings. The van der Waals surface area contributed by atoms with Crippen molar-refractivity contribution in [1.82, 2.24) is 29.5 Å². The van der Waals surface area contributed by atoms with Gasteiger partial charge in [0.05, 0.1) is 23.9 Å². The van der Waals surface area contributed by atoms with E-state index in [9.17, 15) is 9.59 Å². The molecular formula is C26H28N8O3. The second kappa shape index (κ2) is 9.51. The van der Waals surface area contributed by atoms with Gasteiger partial charge in [-0.05, 0) is 42.8 Å². The zero-order valence-electron chi connectivity index (χ0n) is 21.1. The van der Waals surface area contributed by atoms with E-state index >= 15 is 0 Å². The Bertz CT molecular complexity index is 1530. The number of benzene rings is 2. The summed E-state index contributed by atoms with van der Waals surface area (Å²) < 4.78 is 7.27. The van der Waals surface area contributed by atoms with Crippen LogP contribution < -0.4 is 15.8 Å². The summed E-state index contributed by atoms with van der Waals surface area (Å²) in [7, 11) is 7.05. The minimum absolute atomic E-state index is 0.116. The summed E-state index contributed by atoms with van der Waals surface area (Å²) in [4.78, 5) is 33.5. The van der Waals surface area contributed by atoms with Crippen LogP contribution in [0.3, 0.4) is 0 Å². The highest BCUT2D eigenvalue weighted by Gasteiger charge is 2.23. The van der Waals surface area contributed by atoms with Crippen LogP contribution in [0.15, 0.2) is 42.6 Å². The van der Waals surface area contributed by atoms with Crippen molar-refractivity contribution in [2.75, 3.05) is 40.1 Å². The summed E-state index contributed by atoms with van der Waals surface area (Å²) in [5, 5.41) is 12.1. The zero-order valence-corrected chi connectivity index (χ0v) is 21.1. The van der Waals surface area contributed by atoms with E-state index in [0.717, 1.165) is 19.5 Å². The lowest BCUT2D eigenvalue weighted by atomic mass is 9.99. The lowest BCUT2D eigenvalue weighted by molar-refractivity contribution is 0.0829. The standard InChI is InChI=1S/C26H28N8O3/c1-32(2)25(36)18-14-34(20-8-6-5-7-17(18)20)24-22(23(27)35)30-31-26(29-24)28-19-11-16-13-33(3)10-9-15(16)12-21(19)37-4/h5-8,11-12,14H,9-10,13H2,1-4H3,(H2,27,35)(H,28,29,31). The van der Waals surface area contributed by atoms with Gasteiger partial charge in [0, 0.05) is 38.8 Å². The quantitative estimate of drug-likeness (QED) is 0.412. The highest BCUT2D eigenvalue weighted by atomic mass is 16.5. The van der Waals surface area contributed by atoms with Crippen LogP contribution in [0.25, 0.3) is 16.7 Å². The Hall–Kier alpha value is -4.51. The molecule has 3 N–H and O–H groups in total. The second-order valence-electron chi connectivity index (χ2n) is 9.24. The second-order valence-corrected chi connectivity index (χ2v) is 9.24. The maximum absolute atomic E-state index is 12.9. The van der Waals surface area contributed by atoms with Gasteiger partial charge in [0.2, 0.25) is 5.95 Å². The highest BCUT2D eigenvalue weighted by molar-refractivity contribution is 6.07. The van der Waals surface area contributed by atoms with E-state index in [4.69, 9.17) is 10.5 Å². The number of hydrogen-bond donors (Lipinski definition) is 2. The average Bonchev–Trinajstić information content (AvgIpc) is 3.27. The molecule has 0 saturated carbocycles. The number of ether oxygens (including phenoxy) is 1. The smallest absolute Gasteiger partial charge is 0.273 e. The normalized spacial score (nSPS) is 13.3. The number of nitrogens with one attached hydrogen (secondary N) is 1. The van der Waals surface area contributed by atoms with E-state index in [1.54, 1.807) is 32.0 Å². The van der Waals surface area contributed by atoms with Crippen LogP contribution in [-0.4, -0.2) is 76.2 Å². The predicted molar refractivity (Wildman–Crippen MR) is 140 cm³/mol. The first kappa shape index (κ1) is 24.2. The van der Waals surface area contributed by atoms with Crippen molar-refractivity contribution in [2.24, 2.45) is 5.73 Å². The maximum Gasteiger partial charge on any atom is 0.273 e. The number of carbonyl (C=O) groups excluding carboxylic acids is 2. The van der Waals surface area contributed by atoms with Crippen LogP contribution >= 0.6 is 0 Å². The van der Waals surface area contributed by atoms with Crippen LogP contribution in [0.1, 0.15) is 32.0 Å². The lowest BCUT2D eigenvalue weighted by Gasteiger charge is -2.26. The molecule has 2 aromatic carbocycles. The molecule has 190 valence electrons. The number of amides is 2. The predicted octanol–water partition coefficient (Wildman–Crippen LogP) is 2.36. The minimum atomic E-state index is -0.783. The van der Waals surface area contributed by atoms with Crippen LogP contribution in [-0.2, 0) is 13.0 Å². The molecule has 1 aliphatic heterocycles. The number of methoxy groups -OCH3 is 1. The number of hydrogen-bond acceptors (Lipinski definition) is 8. The van der Waals surface area contributed by atoms with Crippen molar-refractivity contribution >= 4 is 34.4 Å². The summed E-state index contributed by atoms with van der Waals surface area (Å²) >= 11 is 0. The number of rotatable bonds is 6. The van der Waals surface area contributed by atoms with Gasteiger partial charge in [-0.1, -0.05) is 18.2 Å². The van der Waals surface area contributed by atoms with E-state index in [-0.39, 0.29) is 23.4 Å². The molecule has 2 amide bonds. The molecule has 0 unspecified atom stereocenters. The number of fused-ring (bicyclic) bond motifs is 2.